The largest absolute Gasteiger partial charge is 0.478 e. The lowest BCUT2D eigenvalue weighted by Crippen LogP contribution is -2.39. The van der Waals surface area contributed by atoms with Gasteiger partial charge in [-0.1, -0.05) is 24.3 Å². The molecule has 0 saturated heterocycles. The third-order valence-corrected chi connectivity index (χ3v) is 3.66. The van der Waals surface area contributed by atoms with E-state index in [2.05, 4.69) is 16.4 Å². The number of hydrogen-bond donors (Lipinski definition) is 2. The van der Waals surface area contributed by atoms with E-state index in [1.54, 1.807) is 4.90 Å². The first-order chi connectivity index (χ1) is 10.6. The Morgan fingerprint density at radius 3 is 2.59 bits per heavy atom. The maximum atomic E-state index is 12.3. The lowest BCUT2D eigenvalue weighted by Gasteiger charge is -2.28. The van der Waals surface area contributed by atoms with Crippen LogP contribution in [0.3, 0.4) is 0 Å². The van der Waals surface area contributed by atoms with Gasteiger partial charge in [-0.2, -0.15) is 0 Å². The van der Waals surface area contributed by atoms with Gasteiger partial charge in [-0.25, -0.2) is 14.6 Å². The number of nitrogens with one attached hydrogen (secondary N) is 1. The first-order valence-corrected chi connectivity index (χ1v) is 6.95. The SMILES string of the molecule is O=C(O)c1ccc(NC(=O)N2CCc3ccccc3C2)nc1. The Balaban J connectivity index is 1.66. The van der Waals surface area contributed by atoms with Gasteiger partial charge in [0, 0.05) is 19.3 Å². The summed E-state index contributed by atoms with van der Waals surface area (Å²) in [6, 6.07) is 10.7. The van der Waals surface area contributed by atoms with E-state index in [4.69, 9.17) is 5.11 Å². The molecule has 2 aromatic rings. The summed E-state index contributed by atoms with van der Waals surface area (Å²) in [4.78, 5) is 28.7. The Kier molecular flexibility index (Phi) is 3.74. The van der Waals surface area contributed by atoms with Gasteiger partial charge >= 0.3 is 12.0 Å². The normalized spacial score (nSPS) is 13.4. The molecule has 1 aromatic heterocycles. The van der Waals surface area contributed by atoms with Crippen molar-refractivity contribution in [2.24, 2.45) is 0 Å². The molecule has 0 atom stereocenters. The molecule has 0 bridgehead atoms. The van der Waals surface area contributed by atoms with Crippen LogP contribution in [-0.4, -0.2) is 33.5 Å². The van der Waals surface area contributed by atoms with Crippen LogP contribution in [0.1, 0.15) is 21.5 Å². The van der Waals surface area contributed by atoms with E-state index in [-0.39, 0.29) is 11.6 Å². The van der Waals surface area contributed by atoms with E-state index in [9.17, 15) is 9.59 Å². The second kappa shape index (κ2) is 5.85. The summed E-state index contributed by atoms with van der Waals surface area (Å²) >= 11 is 0. The molecule has 0 saturated carbocycles. The fourth-order valence-corrected chi connectivity index (χ4v) is 2.45. The zero-order chi connectivity index (χ0) is 15.5. The van der Waals surface area contributed by atoms with Crippen LogP contribution in [-0.2, 0) is 13.0 Å². The molecule has 0 radical (unpaired) electrons. The molecule has 2 N–H and O–H groups in total. The van der Waals surface area contributed by atoms with Gasteiger partial charge in [0.15, 0.2) is 0 Å². The maximum absolute atomic E-state index is 12.3. The van der Waals surface area contributed by atoms with Gasteiger partial charge in [0.05, 0.1) is 5.56 Å². The predicted octanol–water partition coefficient (Wildman–Crippen LogP) is 2.37. The summed E-state index contributed by atoms with van der Waals surface area (Å²) in [5, 5.41) is 11.5. The van der Waals surface area contributed by atoms with Crippen LogP contribution >= 0.6 is 0 Å². The number of aromatic nitrogens is 1. The third kappa shape index (κ3) is 2.90. The molecule has 0 unspecified atom stereocenters. The van der Waals surface area contributed by atoms with Crippen LogP contribution in [0.15, 0.2) is 42.6 Å². The number of rotatable bonds is 2. The van der Waals surface area contributed by atoms with Crippen LogP contribution in [0.25, 0.3) is 0 Å². The number of anilines is 1. The molecular weight excluding hydrogens is 282 g/mol. The Morgan fingerprint density at radius 1 is 1.14 bits per heavy atom. The molecule has 0 spiro atoms. The standard InChI is InChI=1S/C16H15N3O3/c20-15(21)12-5-6-14(17-9-12)18-16(22)19-8-7-11-3-1-2-4-13(11)10-19/h1-6,9H,7-8,10H2,(H,20,21)(H,17,18,22). The maximum Gasteiger partial charge on any atom is 0.337 e. The van der Waals surface area contributed by atoms with Crippen LogP contribution in [0, 0.1) is 0 Å². The average Bonchev–Trinajstić information content (AvgIpc) is 2.55. The quantitative estimate of drug-likeness (QED) is 0.891. The number of carboxylic acid groups (broad SMARTS) is 1. The highest BCUT2D eigenvalue weighted by molar-refractivity contribution is 5.90. The van der Waals surface area contributed by atoms with Crippen molar-refractivity contribution in [1.82, 2.24) is 9.88 Å². The van der Waals surface area contributed by atoms with Crippen molar-refractivity contribution in [3.05, 3.63) is 59.3 Å². The number of carbonyl (C=O) groups is 2. The number of pyridine rings is 1. The zero-order valence-corrected chi connectivity index (χ0v) is 11.8. The fourth-order valence-electron chi connectivity index (χ4n) is 2.45. The molecule has 22 heavy (non-hydrogen) atoms. The Bertz CT molecular complexity index is 713. The molecule has 0 fully saturated rings. The average molecular weight is 297 g/mol. The molecule has 112 valence electrons. The van der Waals surface area contributed by atoms with Gasteiger partial charge < -0.3 is 10.0 Å². The van der Waals surface area contributed by atoms with E-state index in [0.717, 1.165) is 12.0 Å². The first-order valence-electron chi connectivity index (χ1n) is 6.95. The third-order valence-electron chi connectivity index (χ3n) is 3.66. The van der Waals surface area contributed by atoms with Crippen LogP contribution < -0.4 is 5.32 Å². The van der Waals surface area contributed by atoms with Gasteiger partial charge in [-0.3, -0.25) is 5.32 Å². The minimum Gasteiger partial charge on any atom is -0.478 e. The van der Waals surface area contributed by atoms with Crippen molar-refractivity contribution in [3.63, 3.8) is 0 Å². The van der Waals surface area contributed by atoms with Crippen molar-refractivity contribution in [1.29, 1.82) is 0 Å². The fraction of sp³-hybridized carbons (Fsp3) is 0.188. The summed E-state index contributed by atoms with van der Waals surface area (Å²) in [5.74, 6) is -0.702. The molecular formula is C16H15N3O3. The number of hydrogen-bond acceptors (Lipinski definition) is 3. The first kappa shape index (κ1) is 14.1. The molecule has 6 nitrogen and oxygen atoms in total. The number of aromatic carboxylic acids is 1. The number of amides is 2. The lowest BCUT2D eigenvalue weighted by atomic mass is 10.0. The number of benzene rings is 1. The van der Waals surface area contributed by atoms with E-state index in [1.807, 2.05) is 18.2 Å². The van der Waals surface area contributed by atoms with E-state index in [0.29, 0.717) is 18.9 Å². The number of carbonyl (C=O) groups excluding carboxylic acids is 1. The van der Waals surface area contributed by atoms with Gasteiger partial charge in [0.25, 0.3) is 0 Å². The lowest BCUT2D eigenvalue weighted by molar-refractivity contribution is 0.0696. The molecule has 1 aromatic carbocycles. The highest BCUT2D eigenvalue weighted by atomic mass is 16.4. The van der Waals surface area contributed by atoms with E-state index < -0.39 is 5.97 Å². The van der Waals surface area contributed by atoms with Crippen molar-refractivity contribution in [2.75, 3.05) is 11.9 Å². The number of carboxylic acids is 1. The molecule has 2 heterocycles. The predicted molar refractivity (Wildman–Crippen MR) is 80.8 cm³/mol. The van der Waals surface area contributed by atoms with Crippen LogP contribution in [0.5, 0.6) is 0 Å². The van der Waals surface area contributed by atoms with Gasteiger partial charge in [0.1, 0.15) is 5.82 Å². The second-order valence-corrected chi connectivity index (χ2v) is 5.11. The molecule has 2 amide bonds. The van der Waals surface area contributed by atoms with E-state index >= 15 is 0 Å². The van der Waals surface area contributed by atoms with Crippen molar-refractivity contribution in [2.45, 2.75) is 13.0 Å². The van der Waals surface area contributed by atoms with Gasteiger partial charge in [-0.15, -0.1) is 0 Å². The van der Waals surface area contributed by atoms with Crippen molar-refractivity contribution >= 4 is 17.8 Å². The van der Waals surface area contributed by atoms with Gasteiger partial charge in [-0.05, 0) is 29.7 Å². The molecule has 6 heteroatoms. The van der Waals surface area contributed by atoms with Gasteiger partial charge in [0.2, 0.25) is 0 Å². The summed E-state index contributed by atoms with van der Waals surface area (Å²) in [6.07, 6.45) is 2.05. The number of urea groups is 1. The molecule has 3 rings (SSSR count). The van der Waals surface area contributed by atoms with Crippen molar-refractivity contribution < 1.29 is 14.7 Å². The summed E-state index contributed by atoms with van der Waals surface area (Å²) in [6.45, 7) is 1.21. The number of nitrogens with zero attached hydrogens (tertiary/aromatic N) is 2. The second-order valence-electron chi connectivity index (χ2n) is 5.11. The number of fused-ring (bicyclic) bond motifs is 1. The topological polar surface area (TPSA) is 82.5 Å². The highest BCUT2D eigenvalue weighted by Crippen LogP contribution is 2.19. The monoisotopic (exact) mass is 297 g/mol. The Labute approximate surface area is 127 Å². The minimum absolute atomic E-state index is 0.0879. The summed E-state index contributed by atoms with van der Waals surface area (Å²) in [7, 11) is 0. The molecule has 1 aliphatic heterocycles. The minimum atomic E-state index is -1.04. The highest BCUT2D eigenvalue weighted by Gasteiger charge is 2.20. The smallest absolute Gasteiger partial charge is 0.337 e. The molecule has 0 aliphatic carbocycles. The Hall–Kier alpha value is -2.89. The Morgan fingerprint density at radius 2 is 1.91 bits per heavy atom. The zero-order valence-electron chi connectivity index (χ0n) is 11.8. The van der Waals surface area contributed by atoms with Crippen molar-refractivity contribution in [3.8, 4) is 0 Å². The summed E-state index contributed by atoms with van der Waals surface area (Å²) in [5.41, 5.74) is 2.51. The molecule has 1 aliphatic rings. The van der Waals surface area contributed by atoms with Crippen LogP contribution in [0.2, 0.25) is 0 Å². The van der Waals surface area contributed by atoms with Crippen LogP contribution in [0.4, 0.5) is 10.6 Å². The van der Waals surface area contributed by atoms with E-state index in [1.165, 1.54) is 23.9 Å². The summed E-state index contributed by atoms with van der Waals surface area (Å²) < 4.78 is 0.